The van der Waals surface area contributed by atoms with Crippen molar-refractivity contribution in [3.63, 3.8) is 0 Å². The molecule has 0 spiro atoms. The fourth-order valence-electron chi connectivity index (χ4n) is 10.5. The number of anilines is 4. The van der Waals surface area contributed by atoms with Gasteiger partial charge in [0.2, 0.25) is 46.1 Å². The van der Waals surface area contributed by atoms with E-state index in [1.165, 1.54) is 0 Å². The van der Waals surface area contributed by atoms with Crippen molar-refractivity contribution < 1.29 is 45.6 Å². The van der Waals surface area contributed by atoms with Crippen molar-refractivity contribution in [3.05, 3.63) is 224 Å². The molecule has 0 bridgehead atoms. The highest BCUT2D eigenvalue weighted by Crippen LogP contribution is 2.36. The van der Waals surface area contributed by atoms with E-state index in [0.29, 0.717) is 149 Å². The molecule has 0 unspecified atom stereocenters. The number of fused-ring (bicyclic) bond motifs is 4. The number of rotatable bonds is 13. The van der Waals surface area contributed by atoms with Crippen LogP contribution in [0.25, 0.3) is 90.2 Å². The SMILES string of the molecule is COc1ccccc1Cc1noc2c(-c3ccc(C)o3)nc(N)nc12.Cc1ccc(-c2nc(N)nc3c(Cc4ccc(Cl)cc4)noc23)o1.Cc1ccc(-c2nc(N)nc3c(Cc4cccc(Cl)c4)noc23)o1.Cc1ccc(-c2nc(N)nc3c(Cc4ccccc4O)noc23)o1. The number of hydrogen-bond donors (Lipinski definition) is 5. The lowest BCUT2D eigenvalue weighted by Gasteiger charge is -2.06. The minimum atomic E-state index is 0.105. The average molecular weight is 1340 g/mol. The first-order chi connectivity index (χ1) is 47.0. The van der Waals surface area contributed by atoms with Gasteiger partial charge < -0.3 is 68.5 Å². The van der Waals surface area contributed by atoms with Crippen LogP contribution in [0.15, 0.2) is 181 Å². The van der Waals surface area contributed by atoms with Crippen molar-refractivity contribution in [1.29, 1.82) is 0 Å². The number of para-hydroxylation sites is 2. The van der Waals surface area contributed by atoms with Gasteiger partial charge in [0, 0.05) is 46.9 Å². The third kappa shape index (κ3) is 14.0. The lowest BCUT2D eigenvalue weighted by Crippen LogP contribution is -1.99. The number of benzene rings is 4. The minimum absolute atomic E-state index is 0.105. The van der Waals surface area contributed by atoms with Gasteiger partial charge in [-0.15, -0.1) is 0 Å². The van der Waals surface area contributed by atoms with E-state index in [1.807, 2.05) is 155 Å². The summed E-state index contributed by atoms with van der Waals surface area (Å²) in [7, 11) is 1.64. The van der Waals surface area contributed by atoms with Crippen LogP contribution in [0, 0.1) is 27.7 Å². The van der Waals surface area contributed by atoms with Gasteiger partial charge in [0.05, 0.1) is 7.11 Å². The van der Waals surface area contributed by atoms with Crippen molar-refractivity contribution in [2.75, 3.05) is 30.0 Å². The number of aryl methyl sites for hydroxylation is 4. The van der Waals surface area contributed by atoms with Crippen LogP contribution in [0.3, 0.4) is 0 Å². The van der Waals surface area contributed by atoms with Gasteiger partial charge >= 0.3 is 0 Å². The zero-order chi connectivity index (χ0) is 67.4. The Hall–Kier alpha value is -12.4. The molecule has 26 nitrogen and oxygen atoms in total. The number of nitrogens with two attached hydrogens (primary N) is 4. The molecule has 12 aromatic heterocycles. The normalized spacial score (nSPS) is 11.2. The lowest BCUT2D eigenvalue weighted by molar-refractivity contribution is 0.409. The molecule has 12 heterocycles. The van der Waals surface area contributed by atoms with Gasteiger partial charge in [0.25, 0.3) is 0 Å². The predicted molar refractivity (Wildman–Crippen MR) is 361 cm³/mol. The second kappa shape index (κ2) is 27.3. The summed E-state index contributed by atoms with van der Waals surface area (Å²) in [5.41, 5.74) is 35.8. The molecule has 0 saturated heterocycles. The second-order valence-electron chi connectivity index (χ2n) is 22.0. The van der Waals surface area contributed by atoms with Gasteiger partial charge in [0.15, 0.2) is 45.8 Å². The largest absolute Gasteiger partial charge is 0.508 e. The van der Waals surface area contributed by atoms with Crippen molar-refractivity contribution in [2.45, 2.75) is 53.4 Å². The zero-order valence-corrected chi connectivity index (χ0v) is 53.8. The van der Waals surface area contributed by atoms with Crippen LogP contribution in [-0.2, 0) is 25.7 Å². The second-order valence-corrected chi connectivity index (χ2v) is 22.9. The highest BCUT2D eigenvalue weighted by Gasteiger charge is 2.25. The van der Waals surface area contributed by atoms with E-state index in [4.69, 9.17) is 86.6 Å². The topological polar surface area (TPSA) is 393 Å². The Kier molecular flexibility index (Phi) is 17.8. The fourth-order valence-corrected chi connectivity index (χ4v) is 10.8. The number of ether oxygens (including phenoxy) is 1. The van der Waals surface area contributed by atoms with Gasteiger partial charge in [-0.2, -0.15) is 0 Å². The van der Waals surface area contributed by atoms with E-state index < -0.39 is 0 Å². The number of halogens is 2. The Balaban J connectivity index is 0.000000117. The summed E-state index contributed by atoms with van der Waals surface area (Å²) in [6.07, 6.45) is 1.95. The molecule has 9 N–H and O–H groups in total. The van der Waals surface area contributed by atoms with Gasteiger partial charge in [-0.1, -0.05) is 104 Å². The molecule has 0 aliphatic carbocycles. The number of furan rings is 4. The summed E-state index contributed by atoms with van der Waals surface area (Å²) in [4.78, 5) is 34.1. The Morgan fingerprint density at radius 2 is 0.732 bits per heavy atom. The van der Waals surface area contributed by atoms with Crippen LogP contribution in [-0.4, -0.2) is 72.7 Å². The number of nitrogen functional groups attached to an aromatic ring is 4. The van der Waals surface area contributed by atoms with Crippen molar-refractivity contribution in [2.24, 2.45) is 0 Å². The summed E-state index contributed by atoms with van der Waals surface area (Å²) >= 11 is 12.0. The Labute approximate surface area is 559 Å². The molecule has 16 aromatic rings. The van der Waals surface area contributed by atoms with E-state index in [1.54, 1.807) is 25.3 Å². The molecule has 97 heavy (non-hydrogen) atoms. The fraction of sp³-hybridized carbons (Fsp3) is 0.130. The summed E-state index contributed by atoms with van der Waals surface area (Å²) in [5, 5.41) is 27.8. The number of hydrogen-bond acceptors (Lipinski definition) is 26. The smallest absolute Gasteiger partial charge is 0.221 e. The van der Waals surface area contributed by atoms with E-state index in [2.05, 4.69) is 60.5 Å². The number of nitrogens with zero attached hydrogens (tertiary/aromatic N) is 12. The molecule has 0 radical (unpaired) electrons. The third-order valence-electron chi connectivity index (χ3n) is 15.0. The molecule has 4 aromatic carbocycles. The number of phenols is 1. The maximum Gasteiger partial charge on any atom is 0.221 e. The van der Waals surface area contributed by atoms with Crippen LogP contribution in [0.4, 0.5) is 23.8 Å². The van der Waals surface area contributed by atoms with E-state index in [0.717, 1.165) is 51.0 Å². The summed E-state index contributed by atoms with van der Waals surface area (Å²) in [6.45, 7) is 7.42. The maximum absolute atomic E-state index is 9.94. The Morgan fingerprint density at radius 3 is 1.10 bits per heavy atom. The first-order valence-corrected chi connectivity index (χ1v) is 30.5. The standard InChI is InChI=1S/C18H16N4O3.2C17H13ClN4O2.C17H14N4O3/c1-10-7-8-14(24-10)16-17-15(20-18(19)21-16)12(22-25-17)9-11-5-3-4-6-13(11)23-2;1-9-2-7-13(23-9)15-16-14(20-17(19)21-15)12(22-24-16)8-10-3-5-11(18)6-4-10;1-9-5-6-13(23-9)15-16-14(20-17(19)21-15)12(22-24-16)8-10-3-2-4-11(18)7-10;1-9-6-7-13(23-9)15-16-14(19-17(18)20-15)11(21-24-16)8-10-4-2-3-5-12(10)22/h3-8H,9H2,1-2H3,(H2,19,20,21);2*2-7H,8H2,1H3,(H2,19,20,21);2-7,22H,8H2,1H3,(H2,18,19,20). The first kappa shape index (κ1) is 63.3. The number of methoxy groups -OCH3 is 1. The number of phenolic OH excluding ortho intramolecular Hbond substituents is 1. The Morgan fingerprint density at radius 1 is 0.371 bits per heavy atom. The van der Waals surface area contributed by atoms with Crippen LogP contribution in [0.1, 0.15) is 68.1 Å². The first-order valence-electron chi connectivity index (χ1n) is 29.8. The van der Waals surface area contributed by atoms with Crippen LogP contribution >= 0.6 is 23.2 Å². The monoisotopic (exact) mass is 1340 g/mol. The zero-order valence-electron chi connectivity index (χ0n) is 52.2. The van der Waals surface area contributed by atoms with Crippen LogP contribution < -0.4 is 27.7 Å². The molecule has 0 fully saturated rings. The van der Waals surface area contributed by atoms with Gasteiger partial charge in [0.1, 0.15) is 79.4 Å². The quantitative estimate of drug-likeness (QED) is 0.0715. The highest BCUT2D eigenvalue weighted by atomic mass is 35.5. The van der Waals surface area contributed by atoms with Gasteiger partial charge in [-0.05, 0) is 124 Å². The molecule has 16 rings (SSSR count). The maximum atomic E-state index is 9.94. The van der Waals surface area contributed by atoms with Crippen LogP contribution in [0.2, 0.25) is 10.0 Å². The van der Waals surface area contributed by atoms with Crippen molar-refractivity contribution in [3.8, 4) is 57.3 Å². The van der Waals surface area contributed by atoms with E-state index in [-0.39, 0.29) is 29.5 Å². The highest BCUT2D eigenvalue weighted by molar-refractivity contribution is 6.30. The van der Waals surface area contributed by atoms with Gasteiger partial charge in [-0.25, -0.2) is 39.9 Å². The van der Waals surface area contributed by atoms with Crippen molar-refractivity contribution >= 4 is 91.4 Å². The van der Waals surface area contributed by atoms with Crippen LogP contribution in [0.5, 0.6) is 11.5 Å². The molecule has 486 valence electrons. The molecule has 28 heteroatoms. The Bertz CT molecular complexity index is 5490. The summed E-state index contributed by atoms with van der Waals surface area (Å²) in [6, 6.07) is 44.5. The number of aromatic hydroxyl groups is 1. The predicted octanol–water partition coefficient (Wildman–Crippen LogP) is 14.5. The molecule has 0 amide bonds. The van der Waals surface area contributed by atoms with E-state index in [9.17, 15) is 5.11 Å². The molecular weight excluding hydrogens is 1280 g/mol. The molecule has 0 aliphatic rings. The van der Waals surface area contributed by atoms with Gasteiger partial charge in [-0.3, -0.25) is 0 Å². The van der Waals surface area contributed by atoms with E-state index >= 15 is 0 Å². The molecule has 0 saturated carbocycles. The third-order valence-corrected chi connectivity index (χ3v) is 15.4. The summed E-state index contributed by atoms with van der Waals surface area (Å²) in [5.74, 6) is 6.82. The lowest BCUT2D eigenvalue weighted by atomic mass is 10.1. The average Bonchev–Trinajstić information content (AvgIpc) is 1.74. The number of aromatic nitrogens is 12. The van der Waals surface area contributed by atoms with Crippen molar-refractivity contribution in [1.82, 2.24) is 60.5 Å². The summed E-state index contributed by atoms with van der Waals surface area (Å²) < 4.78 is 49.8. The molecule has 0 atom stereocenters. The molecular formula is C69H56Cl2N16O10. The minimum Gasteiger partial charge on any atom is -0.508 e. The molecule has 0 aliphatic heterocycles.